The van der Waals surface area contributed by atoms with Crippen molar-refractivity contribution in [1.29, 1.82) is 0 Å². The molecule has 0 unspecified atom stereocenters. The van der Waals surface area contributed by atoms with Crippen molar-refractivity contribution in [2.75, 3.05) is 0 Å². The van der Waals surface area contributed by atoms with Crippen LogP contribution in [0.2, 0.25) is 5.79 Å². The molecule has 0 atom stereocenters. The molecule has 0 aromatic rings. The first-order valence-corrected chi connectivity index (χ1v) is 3.00. The molecule has 24 valence electrons. The fraction of sp³-hybridized carbons (Fsp3) is 1.00. The van der Waals surface area contributed by atoms with Gasteiger partial charge < -0.3 is 1.43 Å². The van der Waals surface area contributed by atoms with Gasteiger partial charge in [-0.2, -0.15) is 0 Å². The summed E-state index contributed by atoms with van der Waals surface area (Å²) in [5.41, 5.74) is 0. The monoisotopic (exact) mass is 110 g/mol. The number of rotatable bonds is 0. The van der Waals surface area contributed by atoms with Crippen LogP contribution < -0.4 is 18.9 Å². The Hall–Kier alpha value is 1.62. The number of hydrogen-bond donors (Lipinski definition) is 0. The third kappa shape index (κ3) is 9.46. The second-order valence-corrected chi connectivity index (χ2v) is 0. The minimum Gasteiger partial charge on any atom is -1.00 e. The maximum atomic E-state index is 2.14. The van der Waals surface area contributed by atoms with Crippen molar-refractivity contribution in [2.45, 2.75) is 5.79 Å². The van der Waals surface area contributed by atoms with E-state index in [1.807, 2.05) is 0 Å². The Morgan fingerprint density at radius 1 is 1.50 bits per heavy atom. The van der Waals surface area contributed by atoms with E-state index in [4.69, 9.17) is 0 Å². The molecule has 0 aliphatic carbocycles. The molecular weight excluding hydrogens is 105 g/mol. The van der Waals surface area contributed by atoms with Crippen LogP contribution in [-0.4, -0.2) is 16.3 Å². The zero-order chi connectivity index (χ0) is 2.00. The molecule has 0 saturated heterocycles. The van der Waals surface area contributed by atoms with Gasteiger partial charge in [0.15, 0.2) is 0 Å². The van der Waals surface area contributed by atoms with E-state index < -0.39 is 0 Å². The summed E-state index contributed by atoms with van der Waals surface area (Å²) >= 11 is 1.31. The Morgan fingerprint density at radius 2 is 1.50 bits per heavy atom. The predicted octanol–water partition coefficient (Wildman–Crippen LogP) is -3.22. The molecule has 0 aliphatic rings. The summed E-state index contributed by atoms with van der Waals surface area (Å²) < 4.78 is 0. The van der Waals surface area contributed by atoms with Gasteiger partial charge in [0.25, 0.3) is 0 Å². The maximum absolute atomic E-state index is 2.14. The van der Waals surface area contributed by atoms with Crippen molar-refractivity contribution in [3.8, 4) is 0 Å². The van der Waals surface area contributed by atoms with E-state index in [9.17, 15) is 0 Å². The van der Waals surface area contributed by atoms with Gasteiger partial charge in [0.2, 0.25) is 16.3 Å². The van der Waals surface area contributed by atoms with Crippen molar-refractivity contribution >= 4 is 16.3 Å². The Kier molecular flexibility index (Phi) is 101. The molecule has 0 nitrogen and oxygen atoms in total. The Morgan fingerprint density at radius 3 is 1.50 bits per heavy atom. The van der Waals surface area contributed by atoms with Gasteiger partial charge in [0, 0.05) is 16.5 Å². The predicted molar refractivity (Wildman–Crippen MR) is 15.5 cm³/mol. The molecule has 0 aliphatic heterocycles. The van der Waals surface area contributed by atoms with Gasteiger partial charge >= 0.3 is 18.9 Å². The van der Waals surface area contributed by atoms with E-state index >= 15 is 0 Å². The zero-order valence-electron chi connectivity index (χ0n) is 4.32. The molecule has 0 fully saturated rings. The van der Waals surface area contributed by atoms with Gasteiger partial charge in [-0.15, -0.1) is 5.79 Å². The first-order valence-electron chi connectivity index (χ1n) is 1.00. The standard InChI is InChI=1S/CH3.Al.Li.Ni.3H/h1H3;;;;;;/q;;+1;;;;-1. The number of hydrogen-bond acceptors (Lipinski definition) is 0. The molecule has 3 heteroatoms. The third-order valence-corrected chi connectivity index (χ3v) is 0. The van der Waals surface area contributed by atoms with Gasteiger partial charge in [-0.25, -0.2) is 0 Å². The van der Waals surface area contributed by atoms with Gasteiger partial charge in [-0.3, -0.25) is 0 Å². The molecule has 0 rings (SSSR count). The summed E-state index contributed by atoms with van der Waals surface area (Å²) in [5.74, 6) is 2.14. The minimum atomic E-state index is 0. The molecule has 0 aromatic heterocycles. The second kappa shape index (κ2) is 23.0. The van der Waals surface area contributed by atoms with Crippen LogP contribution in [0.4, 0.5) is 0 Å². The van der Waals surface area contributed by atoms with E-state index in [0.717, 1.165) is 0 Å². The summed E-state index contributed by atoms with van der Waals surface area (Å²) in [4.78, 5) is 0. The van der Waals surface area contributed by atoms with Crippen LogP contribution in [0, 0.1) is 0 Å². The van der Waals surface area contributed by atoms with Crippen molar-refractivity contribution in [2.24, 2.45) is 0 Å². The van der Waals surface area contributed by atoms with Crippen LogP contribution in [0.5, 0.6) is 0 Å². The smallest absolute Gasteiger partial charge is 1.00 e. The fourth-order valence-corrected chi connectivity index (χ4v) is 0. The topological polar surface area (TPSA) is 0 Å². The van der Waals surface area contributed by atoms with Crippen molar-refractivity contribution in [3.63, 3.8) is 0 Å². The van der Waals surface area contributed by atoms with Crippen LogP contribution in [0.15, 0.2) is 0 Å². The van der Waals surface area contributed by atoms with E-state index in [0.29, 0.717) is 0 Å². The first kappa shape index (κ1) is 17.5. The molecule has 0 spiro atoms. The summed E-state index contributed by atoms with van der Waals surface area (Å²) in [6, 6.07) is 0. The Balaban J connectivity index is -0.00000000167. The molecule has 0 heterocycles. The molecule has 4 heavy (non-hydrogen) atoms. The third-order valence-electron chi connectivity index (χ3n) is 0. The maximum Gasteiger partial charge on any atom is 1.00 e. The van der Waals surface area contributed by atoms with Gasteiger partial charge in [0.1, 0.15) is 0 Å². The summed E-state index contributed by atoms with van der Waals surface area (Å²) in [5, 5.41) is 0. The summed E-state index contributed by atoms with van der Waals surface area (Å²) in [6.45, 7) is 0. The summed E-state index contributed by atoms with van der Waals surface area (Å²) in [7, 11) is 0. The Bertz CT molecular complexity index is 11.6. The molecular formula is CH6AlLiNi. The van der Waals surface area contributed by atoms with Crippen molar-refractivity contribution in [3.05, 3.63) is 0 Å². The van der Waals surface area contributed by atoms with Crippen LogP contribution in [-0.2, 0) is 16.5 Å². The average molecular weight is 111 g/mol. The van der Waals surface area contributed by atoms with Crippen LogP contribution >= 0.6 is 0 Å². The van der Waals surface area contributed by atoms with E-state index in [1.54, 1.807) is 0 Å². The van der Waals surface area contributed by atoms with E-state index in [1.165, 1.54) is 16.3 Å². The van der Waals surface area contributed by atoms with Crippen LogP contribution in [0.3, 0.4) is 0 Å². The van der Waals surface area contributed by atoms with Crippen molar-refractivity contribution in [1.82, 2.24) is 0 Å². The van der Waals surface area contributed by atoms with E-state index in [-0.39, 0.29) is 36.8 Å². The average Bonchev–Trinajstić information content (AvgIpc) is 1.00. The first-order chi connectivity index (χ1) is 1.00. The molecule has 0 saturated carbocycles. The quantitative estimate of drug-likeness (QED) is 0.288. The molecule has 0 amide bonds. The molecule has 0 aromatic carbocycles. The largest absolute Gasteiger partial charge is 1.00 e. The molecule has 0 bridgehead atoms. The SMILES string of the molecule is [CH3][AlH2].[H-].[Li+].[Ni]. The second-order valence-electron chi connectivity index (χ2n) is 0. The van der Waals surface area contributed by atoms with Crippen LogP contribution in [0.1, 0.15) is 1.43 Å². The van der Waals surface area contributed by atoms with Gasteiger partial charge in [-0.05, 0) is 0 Å². The fourth-order valence-electron chi connectivity index (χ4n) is 0. The Labute approximate surface area is 58.7 Å². The zero-order valence-corrected chi connectivity index (χ0v) is 6.30. The van der Waals surface area contributed by atoms with Gasteiger partial charge in [0.05, 0.1) is 0 Å². The van der Waals surface area contributed by atoms with Crippen molar-refractivity contribution < 1.29 is 36.8 Å². The van der Waals surface area contributed by atoms with E-state index in [2.05, 4.69) is 5.79 Å². The minimum absolute atomic E-state index is 0. The van der Waals surface area contributed by atoms with Crippen LogP contribution in [0.25, 0.3) is 0 Å². The van der Waals surface area contributed by atoms with Gasteiger partial charge in [-0.1, -0.05) is 0 Å². The molecule has 0 radical (unpaired) electrons. The summed E-state index contributed by atoms with van der Waals surface area (Å²) in [6.07, 6.45) is 0. The normalized spacial score (nSPS) is 1.25. The molecule has 0 N–H and O–H groups in total.